The van der Waals surface area contributed by atoms with Gasteiger partial charge in [0, 0.05) is 15.9 Å². The zero-order chi connectivity index (χ0) is 18.7. The van der Waals surface area contributed by atoms with Crippen LogP contribution >= 0.6 is 22.9 Å². The third-order valence-electron chi connectivity index (χ3n) is 4.50. The molecule has 0 aliphatic heterocycles. The molecule has 0 fully saturated rings. The molecule has 26 heavy (non-hydrogen) atoms. The van der Waals surface area contributed by atoms with Gasteiger partial charge in [-0.15, -0.1) is 11.3 Å². The van der Waals surface area contributed by atoms with E-state index in [4.69, 9.17) is 16.3 Å². The molecule has 1 atom stereocenters. The number of esters is 1. The fourth-order valence-corrected chi connectivity index (χ4v) is 4.52. The molecule has 1 amide bonds. The maximum Gasteiger partial charge on any atom is 0.341 e. The van der Waals surface area contributed by atoms with Crippen molar-refractivity contribution in [3.63, 3.8) is 0 Å². The zero-order valence-electron chi connectivity index (χ0n) is 14.7. The van der Waals surface area contributed by atoms with Crippen LogP contribution in [0.15, 0.2) is 24.3 Å². The summed E-state index contributed by atoms with van der Waals surface area (Å²) in [5.41, 5.74) is 2.59. The molecule has 2 N–H and O–H groups in total. The molecule has 5 nitrogen and oxygen atoms in total. The number of benzene rings is 1. The van der Waals surface area contributed by atoms with Gasteiger partial charge in [-0.1, -0.05) is 23.7 Å². The lowest BCUT2D eigenvalue weighted by molar-refractivity contribution is -0.115. The number of ether oxygens (including phenoxy) is 1. The molecule has 0 unspecified atom stereocenters. The Bertz CT molecular complexity index is 817. The normalized spacial score (nSPS) is 14.0. The Morgan fingerprint density at radius 2 is 2.00 bits per heavy atom. The smallest absolute Gasteiger partial charge is 0.341 e. The standard InChI is InChI=1S/C19H21ClN2O3S/c1-11(12-6-8-13(20)9-7-12)21-10-16(23)22-18-17(19(24)25-2)14-4-3-5-15(14)26-18/h6-9,11,21H,3-5,10H2,1-2H3,(H,22,23)/t11-/m0/s1. The van der Waals surface area contributed by atoms with E-state index in [-0.39, 0.29) is 24.5 Å². The van der Waals surface area contributed by atoms with E-state index in [1.54, 1.807) is 0 Å². The van der Waals surface area contributed by atoms with E-state index in [0.29, 0.717) is 15.6 Å². The fourth-order valence-electron chi connectivity index (χ4n) is 3.10. The fraction of sp³-hybridized carbons (Fsp3) is 0.368. The van der Waals surface area contributed by atoms with E-state index >= 15 is 0 Å². The Hall–Kier alpha value is -1.89. The molecule has 0 spiro atoms. The molecule has 1 heterocycles. The predicted octanol–water partition coefficient (Wildman–Crippen LogP) is 3.97. The first-order valence-electron chi connectivity index (χ1n) is 8.51. The highest BCUT2D eigenvalue weighted by Crippen LogP contribution is 2.39. The molecule has 0 saturated carbocycles. The lowest BCUT2D eigenvalue weighted by atomic mass is 10.1. The Morgan fingerprint density at radius 1 is 1.27 bits per heavy atom. The van der Waals surface area contributed by atoms with Gasteiger partial charge < -0.3 is 15.4 Å². The van der Waals surface area contributed by atoms with E-state index in [0.717, 1.165) is 30.4 Å². The number of fused-ring (bicyclic) bond motifs is 1. The van der Waals surface area contributed by atoms with Crippen LogP contribution in [-0.4, -0.2) is 25.5 Å². The van der Waals surface area contributed by atoms with Crippen molar-refractivity contribution in [1.29, 1.82) is 0 Å². The molecule has 2 aromatic rings. The molecule has 1 aliphatic rings. The summed E-state index contributed by atoms with van der Waals surface area (Å²) in [6.07, 6.45) is 2.85. The summed E-state index contributed by atoms with van der Waals surface area (Å²) >= 11 is 7.37. The van der Waals surface area contributed by atoms with Crippen molar-refractivity contribution in [2.75, 3.05) is 19.0 Å². The first-order chi connectivity index (χ1) is 12.5. The third kappa shape index (κ3) is 4.09. The van der Waals surface area contributed by atoms with E-state index in [9.17, 15) is 9.59 Å². The number of nitrogens with one attached hydrogen (secondary N) is 2. The molecule has 0 bridgehead atoms. The second-order valence-corrected chi connectivity index (χ2v) is 7.80. The average Bonchev–Trinajstić information content (AvgIpc) is 3.20. The van der Waals surface area contributed by atoms with Crippen molar-refractivity contribution in [2.24, 2.45) is 0 Å². The summed E-state index contributed by atoms with van der Waals surface area (Å²) in [7, 11) is 1.36. The molecule has 138 valence electrons. The second kappa shape index (κ2) is 8.20. The van der Waals surface area contributed by atoms with Crippen LogP contribution in [0.25, 0.3) is 0 Å². The highest BCUT2D eigenvalue weighted by molar-refractivity contribution is 7.17. The van der Waals surface area contributed by atoms with Gasteiger partial charge in [0.1, 0.15) is 5.00 Å². The topological polar surface area (TPSA) is 67.4 Å². The predicted molar refractivity (Wildman–Crippen MR) is 104 cm³/mol. The maximum absolute atomic E-state index is 12.4. The zero-order valence-corrected chi connectivity index (χ0v) is 16.3. The molecule has 1 aliphatic carbocycles. The van der Waals surface area contributed by atoms with E-state index < -0.39 is 0 Å². The van der Waals surface area contributed by atoms with Crippen LogP contribution in [0.3, 0.4) is 0 Å². The highest BCUT2D eigenvalue weighted by Gasteiger charge is 2.27. The number of aryl methyl sites for hydroxylation is 1. The largest absolute Gasteiger partial charge is 0.465 e. The molecule has 3 rings (SSSR count). The number of rotatable bonds is 6. The quantitative estimate of drug-likeness (QED) is 0.730. The highest BCUT2D eigenvalue weighted by atomic mass is 35.5. The first kappa shape index (κ1) is 18.9. The lowest BCUT2D eigenvalue weighted by Gasteiger charge is -2.14. The lowest BCUT2D eigenvalue weighted by Crippen LogP contribution is -2.30. The molecular weight excluding hydrogens is 372 g/mol. The SMILES string of the molecule is COC(=O)c1c(NC(=O)CN[C@@H](C)c2ccc(Cl)cc2)sc2c1CCC2. The Labute approximate surface area is 161 Å². The van der Waals surface area contributed by atoms with Crippen molar-refractivity contribution in [3.05, 3.63) is 50.9 Å². The van der Waals surface area contributed by atoms with Crippen LogP contribution in [0.1, 0.15) is 45.7 Å². The monoisotopic (exact) mass is 392 g/mol. The van der Waals surface area contributed by atoms with Crippen LogP contribution < -0.4 is 10.6 Å². The summed E-state index contributed by atoms with van der Waals surface area (Å²) in [5, 5.41) is 7.32. The Kier molecular flexibility index (Phi) is 5.96. The number of methoxy groups -OCH3 is 1. The van der Waals surface area contributed by atoms with Gasteiger partial charge >= 0.3 is 5.97 Å². The summed E-state index contributed by atoms with van der Waals surface area (Å²) in [6, 6.07) is 7.51. The number of hydrogen-bond donors (Lipinski definition) is 2. The van der Waals surface area contributed by atoms with Crippen LogP contribution in [0.2, 0.25) is 5.02 Å². The number of anilines is 1. The Morgan fingerprint density at radius 3 is 2.69 bits per heavy atom. The van der Waals surface area contributed by atoms with Crippen molar-refractivity contribution in [1.82, 2.24) is 5.32 Å². The minimum atomic E-state index is -0.387. The van der Waals surface area contributed by atoms with Crippen molar-refractivity contribution in [3.8, 4) is 0 Å². The second-order valence-electron chi connectivity index (χ2n) is 6.26. The average molecular weight is 393 g/mol. The van der Waals surface area contributed by atoms with Gasteiger partial charge in [0.05, 0.1) is 19.2 Å². The number of thiophene rings is 1. The van der Waals surface area contributed by atoms with Gasteiger partial charge in [-0.25, -0.2) is 4.79 Å². The van der Waals surface area contributed by atoms with E-state index in [2.05, 4.69) is 10.6 Å². The molecular formula is C19H21ClN2O3S. The van der Waals surface area contributed by atoms with Gasteiger partial charge in [0.25, 0.3) is 0 Å². The van der Waals surface area contributed by atoms with E-state index in [1.165, 1.54) is 23.3 Å². The maximum atomic E-state index is 12.4. The molecule has 1 aromatic heterocycles. The number of carbonyl (C=O) groups excluding carboxylic acids is 2. The van der Waals surface area contributed by atoms with Gasteiger partial charge in [-0.3, -0.25) is 4.79 Å². The van der Waals surface area contributed by atoms with Gasteiger partial charge in [0.2, 0.25) is 5.91 Å². The van der Waals surface area contributed by atoms with Crippen LogP contribution in [0, 0.1) is 0 Å². The summed E-state index contributed by atoms with van der Waals surface area (Å²) in [6.45, 7) is 2.13. The van der Waals surface area contributed by atoms with Crippen LogP contribution in [0.4, 0.5) is 5.00 Å². The number of amides is 1. The van der Waals surface area contributed by atoms with Crippen LogP contribution in [-0.2, 0) is 22.4 Å². The molecule has 0 radical (unpaired) electrons. The van der Waals surface area contributed by atoms with Gasteiger partial charge in [0.15, 0.2) is 0 Å². The third-order valence-corrected chi connectivity index (χ3v) is 5.96. The molecule has 1 aromatic carbocycles. The summed E-state index contributed by atoms with van der Waals surface area (Å²) in [5.74, 6) is -0.571. The van der Waals surface area contributed by atoms with Gasteiger partial charge in [-0.2, -0.15) is 0 Å². The number of hydrogen-bond acceptors (Lipinski definition) is 5. The molecule has 0 saturated heterocycles. The summed E-state index contributed by atoms with van der Waals surface area (Å²) < 4.78 is 4.90. The van der Waals surface area contributed by atoms with Gasteiger partial charge in [-0.05, 0) is 49.4 Å². The summed E-state index contributed by atoms with van der Waals surface area (Å²) in [4.78, 5) is 25.6. The molecule has 7 heteroatoms. The van der Waals surface area contributed by atoms with Crippen molar-refractivity contribution >= 4 is 39.8 Å². The van der Waals surface area contributed by atoms with E-state index in [1.807, 2.05) is 31.2 Å². The van der Waals surface area contributed by atoms with Crippen LogP contribution in [0.5, 0.6) is 0 Å². The first-order valence-corrected chi connectivity index (χ1v) is 9.70. The Balaban J connectivity index is 1.63. The number of carbonyl (C=O) groups is 2. The number of halogens is 1. The minimum Gasteiger partial charge on any atom is -0.465 e. The minimum absolute atomic E-state index is 0.00596. The van der Waals surface area contributed by atoms with Crippen molar-refractivity contribution in [2.45, 2.75) is 32.2 Å². The van der Waals surface area contributed by atoms with Crippen molar-refractivity contribution < 1.29 is 14.3 Å².